The Kier molecular flexibility index (Phi) is 4.14. The Morgan fingerprint density at radius 2 is 2.17 bits per heavy atom. The summed E-state index contributed by atoms with van der Waals surface area (Å²) in [4.78, 5) is 14.4. The highest BCUT2D eigenvalue weighted by atomic mass is 127. The van der Waals surface area contributed by atoms with Crippen molar-refractivity contribution in [3.63, 3.8) is 0 Å². The van der Waals surface area contributed by atoms with Crippen LogP contribution in [0.25, 0.3) is 0 Å². The van der Waals surface area contributed by atoms with Crippen molar-refractivity contribution >= 4 is 28.5 Å². The third-order valence-electron chi connectivity index (χ3n) is 3.00. The molecule has 0 unspecified atom stereocenters. The van der Waals surface area contributed by atoms with E-state index in [1.807, 2.05) is 4.90 Å². The maximum Gasteiger partial charge on any atom is 0.254 e. The van der Waals surface area contributed by atoms with Gasteiger partial charge in [0.25, 0.3) is 5.91 Å². The van der Waals surface area contributed by atoms with Gasteiger partial charge in [0.15, 0.2) is 0 Å². The van der Waals surface area contributed by atoms with E-state index < -0.39 is 0 Å². The smallest absolute Gasteiger partial charge is 0.254 e. The molecule has 1 aliphatic carbocycles. The van der Waals surface area contributed by atoms with Crippen LogP contribution in [0.5, 0.6) is 5.75 Å². The number of rotatable bonds is 4. The van der Waals surface area contributed by atoms with Crippen molar-refractivity contribution in [3.8, 4) is 5.75 Å². The van der Waals surface area contributed by atoms with Crippen LogP contribution in [0, 0.1) is 9.49 Å². The molecular formula is C14H18INO2. The van der Waals surface area contributed by atoms with Crippen LogP contribution in [-0.4, -0.2) is 28.5 Å². The highest BCUT2D eigenvalue weighted by molar-refractivity contribution is 14.1. The van der Waals surface area contributed by atoms with E-state index in [0.29, 0.717) is 17.5 Å². The van der Waals surface area contributed by atoms with Crippen molar-refractivity contribution < 1.29 is 9.90 Å². The van der Waals surface area contributed by atoms with Gasteiger partial charge < -0.3 is 10.0 Å². The van der Waals surface area contributed by atoms with Gasteiger partial charge in [-0.3, -0.25) is 4.79 Å². The zero-order valence-electron chi connectivity index (χ0n) is 10.7. The van der Waals surface area contributed by atoms with Gasteiger partial charge in [-0.25, -0.2) is 0 Å². The van der Waals surface area contributed by atoms with E-state index in [2.05, 4.69) is 36.4 Å². The Hall–Kier alpha value is -0.780. The van der Waals surface area contributed by atoms with E-state index in [0.717, 1.165) is 23.0 Å². The molecule has 0 radical (unpaired) electrons. The molecule has 1 amide bonds. The number of aromatic hydroxyl groups is 1. The number of amides is 1. The van der Waals surface area contributed by atoms with Crippen LogP contribution in [0.3, 0.4) is 0 Å². The molecule has 1 aromatic rings. The lowest BCUT2D eigenvalue weighted by Crippen LogP contribution is -2.36. The van der Waals surface area contributed by atoms with Crippen LogP contribution < -0.4 is 0 Å². The van der Waals surface area contributed by atoms with Crippen LogP contribution in [0.15, 0.2) is 18.2 Å². The molecule has 0 atom stereocenters. The van der Waals surface area contributed by atoms with Crippen LogP contribution >= 0.6 is 22.6 Å². The number of carbonyl (C=O) groups is 1. The molecule has 1 N–H and O–H groups in total. The van der Waals surface area contributed by atoms with Gasteiger partial charge in [-0.05, 0) is 59.5 Å². The predicted octanol–water partition coefficient (Wildman–Crippen LogP) is 3.26. The van der Waals surface area contributed by atoms with Gasteiger partial charge >= 0.3 is 0 Å². The standard InChI is InChI=1S/C14H18INO2/c1-9(2)8-16(11-4-5-11)14(18)10-3-6-12(15)13(17)7-10/h3,6-7,9,11,17H,4-5,8H2,1-2H3. The number of carbonyl (C=O) groups excluding carboxylic acids is 1. The minimum atomic E-state index is 0.0397. The predicted molar refractivity (Wildman–Crippen MR) is 79.7 cm³/mol. The van der Waals surface area contributed by atoms with Crippen LogP contribution in [0.2, 0.25) is 0 Å². The molecule has 18 heavy (non-hydrogen) atoms. The van der Waals surface area contributed by atoms with Crippen molar-refractivity contribution in [2.75, 3.05) is 6.54 Å². The summed E-state index contributed by atoms with van der Waals surface area (Å²) in [5.74, 6) is 0.687. The fourth-order valence-corrected chi connectivity index (χ4v) is 2.32. The van der Waals surface area contributed by atoms with Gasteiger partial charge in [0.2, 0.25) is 0 Å². The van der Waals surface area contributed by atoms with Crippen LogP contribution in [0.4, 0.5) is 0 Å². The van der Waals surface area contributed by atoms with Crippen molar-refractivity contribution in [1.82, 2.24) is 4.90 Å². The van der Waals surface area contributed by atoms with Crippen molar-refractivity contribution in [2.24, 2.45) is 5.92 Å². The molecule has 0 bridgehead atoms. The summed E-state index contributed by atoms with van der Waals surface area (Å²) in [6.45, 7) is 5.03. The molecule has 0 spiro atoms. The summed E-state index contributed by atoms with van der Waals surface area (Å²) < 4.78 is 0.769. The number of halogens is 1. The molecule has 98 valence electrons. The lowest BCUT2D eigenvalue weighted by atomic mass is 10.1. The lowest BCUT2D eigenvalue weighted by Gasteiger charge is -2.24. The first-order chi connectivity index (χ1) is 8.49. The summed E-state index contributed by atoms with van der Waals surface area (Å²) in [6, 6.07) is 5.55. The van der Waals surface area contributed by atoms with Gasteiger partial charge in [0.05, 0.1) is 3.57 Å². The number of phenolic OH excluding ortho intramolecular Hbond substituents is 1. The molecule has 0 heterocycles. The van der Waals surface area contributed by atoms with Crippen molar-refractivity contribution in [2.45, 2.75) is 32.7 Å². The SMILES string of the molecule is CC(C)CN(C(=O)c1ccc(I)c(O)c1)C1CC1. The largest absolute Gasteiger partial charge is 0.507 e. The second-order valence-corrected chi connectivity index (χ2v) is 6.41. The second kappa shape index (κ2) is 5.47. The Bertz CT molecular complexity index is 455. The molecule has 4 heteroatoms. The molecule has 1 fully saturated rings. The van der Waals surface area contributed by atoms with Crippen LogP contribution in [0.1, 0.15) is 37.0 Å². The molecule has 0 saturated heterocycles. The van der Waals surface area contributed by atoms with Gasteiger partial charge in [0, 0.05) is 18.2 Å². The first-order valence-electron chi connectivity index (χ1n) is 6.28. The third kappa shape index (κ3) is 3.16. The Morgan fingerprint density at radius 3 is 2.67 bits per heavy atom. The summed E-state index contributed by atoms with van der Waals surface area (Å²) in [7, 11) is 0. The minimum Gasteiger partial charge on any atom is -0.507 e. The molecule has 0 aromatic heterocycles. The highest BCUT2D eigenvalue weighted by Crippen LogP contribution is 2.30. The quantitative estimate of drug-likeness (QED) is 0.839. The van der Waals surface area contributed by atoms with E-state index in [9.17, 15) is 9.90 Å². The zero-order chi connectivity index (χ0) is 13.3. The molecule has 2 rings (SSSR count). The van der Waals surface area contributed by atoms with Gasteiger partial charge in [0.1, 0.15) is 5.75 Å². The normalized spacial score (nSPS) is 14.9. The van der Waals surface area contributed by atoms with E-state index >= 15 is 0 Å². The first-order valence-corrected chi connectivity index (χ1v) is 7.36. The maximum atomic E-state index is 12.4. The molecule has 3 nitrogen and oxygen atoms in total. The Balaban J connectivity index is 2.19. The number of nitrogens with zero attached hydrogens (tertiary/aromatic N) is 1. The molecule has 1 saturated carbocycles. The second-order valence-electron chi connectivity index (χ2n) is 5.25. The zero-order valence-corrected chi connectivity index (χ0v) is 12.8. The van der Waals surface area contributed by atoms with Gasteiger partial charge in [-0.2, -0.15) is 0 Å². The van der Waals surface area contributed by atoms with Gasteiger partial charge in [-0.1, -0.05) is 13.8 Å². The number of hydrogen-bond donors (Lipinski definition) is 1. The van der Waals surface area contributed by atoms with Crippen LogP contribution in [-0.2, 0) is 0 Å². The Labute approximate surface area is 121 Å². The molecule has 1 aliphatic rings. The number of hydrogen-bond acceptors (Lipinski definition) is 2. The molecule has 0 aliphatic heterocycles. The van der Waals surface area contributed by atoms with Crippen molar-refractivity contribution in [3.05, 3.63) is 27.3 Å². The summed E-state index contributed by atoms with van der Waals surface area (Å²) >= 11 is 2.05. The van der Waals surface area contributed by atoms with E-state index in [4.69, 9.17) is 0 Å². The van der Waals surface area contributed by atoms with E-state index in [1.54, 1.807) is 18.2 Å². The number of phenols is 1. The third-order valence-corrected chi connectivity index (χ3v) is 3.92. The van der Waals surface area contributed by atoms with E-state index in [-0.39, 0.29) is 11.7 Å². The topological polar surface area (TPSA) is 40.5 Å². The van der Waals surface area contributed by atoms with Gasteiger partial charge in [-0.15, -0.1) is 0 Å². The summed E-state index contributed by atoms with van der Waals surface area (Å²) in [6.07, 6.45) is 2.21. The lowest BCUT2D eigenvalue weighted by molar-refractivity contribution is 0.0722. The average molecular weight is 359 g/mol. The summed E-state index contributed by atoms with van der Waals surface area (Å²) in [5.41, 5.74) is 0.584. The van der Waals surface area contributed by atoms with E-state index in [1.165, 1.54) is 0 Å². The summed E-state index contributed by atoms with van der Waals surface area (Å²) in [5, 5.41) is 9.69. The van der Waals surface area contributed by atoms with Crippen molar-refractivity contribution in [1.29, 1.82) is 0 Å². The Morgan fingerprint density at radius 1 is 1.50 bits per heavy atom. The minimum absolute atomic E-state index is 0.0397. The maximum absolute atomic E-state index is 12.4. The highest BCUT2D eigenvalue weighted by Gasteiger charge is 2.33. The average Bonchev–Trinajstić information content (AvgIpc) is 3.12. The molecular weight excluding hydrogens is 341 g/mol. The fraction of sp³-hybridized carbons (Fsp3) is 0.500. The fourth-order valence-electron chi connectivity index (χ4n) is 1.99. The monoisotopic (exact) mass is 359 g/mol. The number of benzene rings is 1. The molecule has 1 aromatic carbocycles. The first kappa shape index (κ1) is 13.6.